The highest BCUT2D eigenvalue weighted by Crippen LogP contribution is 2.61. The van der Waals surface area contributed by atoms with E-state index < -0.39 is 11.9 Å². The molecule has 3 heteroatoms. The lowest BCUT2D eigenvalue weighted by molar-refractivity contribution is -0.265. The number of hydrogen-bond donors (Lipinski definition) is 2. The summed E-state index contributed by atoms with van der Waals surface area (Å²) in [6.45, 7) is 8.66. The summed E-state index contributed by atoms with van der Waals surface area (Å²) in [6.07, 6.45) is 6.85. The molecular formula is C18H30O3. The summed E-state index contributed by atoms with van der Waals surface area (Å²) in [4.78, 5) is 0. The van der Waals surface area contributed by atoms with Gasteiger partial charge in [-0.25, -0.2) is 0 Å². The molecule has 3 saturated carbocycles. The van der Waals surface area contributed by atoms with Crippen LogP contribution in [0.25, 0.3) is 0 Å². The molecule has 0 spiro atoms. The second-order valence-corrected chi connectivity index (χ2v) is 8.61. The number of ether oxygens (including phenoxy) is 1. The number of hydrogen-bond acceptors (Lipinski definition) is 3. The Morgan fingerprint density at radius 3 is 2.67 bits per heavy atom. The van der Waals surface area contributed by atoms with E-state index in [0.717, 1.165) is 32.1 Å². The largest absolute Gasteiger partial charge is 0.385 e. The second-order valence-electron chi connectivity index (χ2n) is 8.61. The third kappa shape index (κ3) is 2.47. The Morgan fingerprint density at radius 2 is 2.14 bits per heavy atom. The smallest absolute Gasteiger partial charge is 0.158 e. The maximum Gasteiger partial charge on any atom is 0.158 e. The van der Waals surface area contributed by atoms with Crippen LogP contribution in [-0.2, 0) is 4.74 Å². The van der Waals surface area contributed by atoms with E-state index in [4.69, 9.17) is 4.74 Å². The quantitative estimate of drug-likeness (QED) is 0.603. The van der Waals surface area contributed by atoms with Crippen molar-refractivity contribution in [3.05, 3.63) is 11.6 Å². The van der Waals surface area contributed by atoms with Crippen molar-refractivity contribution >= 4 is 0 Å². The molecule has 4 bridgehead atoms. The summed E-state index contributed by atoms with van der Waals surface area (Å²) in [5, 5.41) is 21.3. The Balaban J connectivity index is 1.72. The third-order valence-electron chi connectivity index (χ3n) is 5.93. The van der Waals surface area contributed by atoms with Gasteiger partial charge in [0.05, 0.1) is 11.2 Å². The predicted octanol–water partition coefficient (Wildman–Crippen LogP) is 3.40. The zero-order valence-electron chi connectivity index (χ0n) is 13.9. The average Bonchev–Trinajstić information content (AvgIpc) is 2.32. The summed E-state index contributed by atoms with van der Waals surface area (Å²) in [6, 6.07) is 0. The van der Waals surface area contributed by atoms with Gasteiger partial charge < -0.3 is 14.9 Å². The Kier molecular flexibility index (Phi) is 3.55. The number of rotatable bonds is 5. The average molecular weight is 294 g/mol. The van der Waals surface area contributed by atoms with Crippen molar-refractivity contribution in [1.82, 2.24) is 0 Å². The first kappa shape index (κ1) is 15.5. The summed E-state index contributed by atoms with van der Waals surface area (Å²) in [5.41, 5.74) is 0.402. The van der Waals surface area contributed by atoms with E-state index in [1.54, 1.807) is 0 Å². The molecule has 5 atom stereocenters. The van der Waals surface area contributed by atoms with Crippen LogP contribution in [0.4, 0.5) is 0 Å². The molecule has 21 heavy (non-hydrogen) atoms. The van der Waals surface area contributed by atoms with Gasteiger partial charge in [-0.15, -0.1) is 0 Å². The fourth-order valence-electron chi connectivity index (χ4n) is 4.86. The van der Waals surface area contributed by atoms with Crippen LogP contribution < -0.4 is 0 Å². The molecule has 5 rings (SSSR count). The van der Waals surface area contributed by atoms with Crippen molar-refractivity contribution in [1.29, 1.82) is 0 Å². The number of aliphatic hydroxyl groups excluding tert-OH is 1. The zero-order valence-corrected chi connectivity index (χ0v) is 13.9. The van der Waals surface area contributed by atoms with E-state index in [1.165, 1.54) is 5.57 Å². The number of fused-ring (bicyclic) bond motifs is 1. The lowest BCUT2D eigenvalue weighted by Gasteiger charge is -2.61. The molecule has 0 heterocycles. The highest BCUT2D eigenvalue weighted by atomic mass is 16.6. The second kappa shape index (κ2) is 4.81. The molecule has 0 amide bonds. The van der Waals surface area contributed by atoms with E-state index in [2.05, 4.69) is 27.7 Å². The van der Waals surface area contributed by atoms with E-state index in [9.17, 15) is 10.2 Å². The SMILES string of the molecule is CCCC(C(O)OC12CCC3C(=CC3(O)C1)C2)C(C)(C)C. The fourth-order valence-corrected chi connectivity index (χ4v) is 4.86. The van der Waals surface area contributed by atoms with Crippen molar-refractivity contribution in [2.24, 2.45) is 17.3 Å². The van der Waals surface area contributed by atoms with Gasteiger partial charge >= 0.3 is 0 Å². The van der Waals surface area contributed by atoms with Gasteiger partial charge in [0.1, 0.15) is 0 Å². The van der Waals surface area contributed by atoms with Gasteiger partial charge in [-0.2, -0.15) is 0 Å². The third-order valence-corrected chi connectivity index (χ3v) is 5.93. The number of aliphatic hydroxyl groups is 2. The molecule has 120 valence electrons. The Labute approximate surface area is 128 Å². The van der Waals surface area contributed by atoms with Gasteiger partial charge in [0.25, 0.3) is 0 Å². The van der Waals surface area contributed by atoms with E-state index in [1.807, 2.05) is 6.08 Å². The van der Waals surface area contributed by atoms with Gasteiger partial charge in [0, 0.05) is 18.3 Å². The minimum atomic E-state index is -0.733. The molecule has 0 aromatic heterocycles. The molecule has 0 aromatic carbocycles. The van der Waals surface area contributed by atoms with Crippen LogP contribution in [-0.4, -0.2) is 27.7 Å². The molecule has 0 aliphatic heterocycles. The zero-order chi connectivity index (χ0) is 15.5. The summed E-state index contributed by atoms with van der Waals surface area (Å²) in [7, 11) is 0. The van der Waals surface area contributed by atoms with Crippen molar-refractivity contribution in [3.63, 3.8) is 0 Å². The van der Waals surface area contributed by atoms with Crippen LogP contribution in [0, 0.1) is 17.3 Å². The van der Waals surface area contributed by atoms with Crippen molar-refractivity contribution < 1.29 is 14.9 Å². The Bertz CT molecular complexity index is 450. The summed E-state index contributed by atoms with van der Waals surface area (Å²) < 4.78 is 6.23. The van der Waals surface area contributed by atoms with Crippen LogP contribution in [0.5, 0.6) is 0 Å². The molecule has 3 nitrogen and oxygen atoms in total. The summed E-state index contributed by atoms with van der Waals surface area (Å²) in [5.74, 6) is 0.505. The molecule has 0 saturated heterocycles. The van der Waals surface area contributed by atoms with E-state index in [-0.39, 0.29) is 16.9 Å². The molecule has 0 aromatic rings. The molecule has 2 N–H and O–H groups in total. The van der Waals surface area contributed by atoms with Crippen LogP contribution in [0.1, 0.15) is 66.2 Å². The fraction of sp³-hybridized carbons (Fsp3) is 0.889. The molecular weight excluding hydrogens is 264 g/mol. The molecule has 5 unspecified atom stereocenters. The van der Waals surface area contributed by atoms with Gasteiger partial charge in [-0.1, -0.05) is 45.8 Å². The van der Waals surface area contributed by atoms with Gasteiger partial charge in [0.2, 0.25) is 0 Å². The Morgan fingerprint density at radius 1 is 1.43 bits per heavy atom. The highest BCUT2D eigenvalue weighted by molar-refractivity contribution is 5.40. The van der Waals surface area contributed by atoms with Crippen molar-refractivity contribution in [2.45, 2.75) is 83.7 Å². The first-order valence-electron chi connectivity index (χ1n) is 8.49. The van der Waals surface area contributed by atoms with E-state index in [0.29, 0.717) is 12.3 Å². The minimum Gasteiger partial charge on any atom is -0.385 e. The van der Waals surface area contributed by atoms with Crippen LogP contribution in [0.3, 0.4) is 0 Å². The van der Waals surface area contributed by atoms with E-state index >= 15 is 0 Å². The van der Waals surface area contributed by atoms with Crippen molar-refractivity contribution in [2.75, 3.05) is 0 Å². The van der Waals surface area contributed by atoms with Gasteiger partial charge in [-0.05, 0) is 31.1 Å². The topological polar surface area (TPSA) is 49.7 Å². The van der Waals surface area contributed by atoms with Crippen molar-refractivity contribution in [3.8, 4) is 0 Å². The van der Waals surface area contributed by atoms with Gasteiger partial charge in [-0.3, -0.25) is 0 Å². The molecule has 5 aliphatic carbocycles. The van der Waals surface area contributed by atoms with Crippen LogP contribution >= 0.6 is 0 Å². The predicted molar refractivity (Wildman–Crippen MR) is 82.7 cm³/mol. The Hall–Kier alpha value is -0.380. The van der Waals surface area contributed by atoms with Crippen LogP contribution in [0.2, 0.25) is 0 Å². The lowest BCUT2D eigenvalue weighted by atomic mass is 9.50. The minimum absolute atomic E-state index is 0.0248. The molecule has 5 aliphatic rings. The maximum atomic E-state index is 10.7. The molecule has 3 fully saturated rings. The van der Waals surface area contributed by atoms with Gasteiger partial charge in [0.15, 0.2) is 6.29 Å². The molecule has 0 radical (unpaired) electrons. The normalized spacial score (nSPS) is 40.5. The summed E-state index contributed by atoms with van der Waals surface area (Å²) >= 11 is 0. The first-order chi connectivity index (χ1) is 9.69. The maximum absolute atomic E-state index is 10.7. The van der Waals surface area contributed by atoms with Crippen LogP contribution in [0.15, 0.2) is 11.6 Å². The monoisotopic (exact) mass is 294 g/mol. The standard InChI is InChI=1S/C18H30O3/c1-5-6-14(16(2,3)4)15(19)21-17-8-7-13-12(9-17)10-18(13,20)11-17/h10,13-15,19-20H,5-9,11H2,1-4H3. The highest BCUT2D eigenvalue weighted by Gasteiger charge is 2.61. The lowest BCUT2D eigenvalue weighted by Crippen LogP contribution is -2.63. The first-order valence-corrected chi connectivity index (χ1v) is 8.49.